The second kappa shape index (κ2) is 11.5. The van der Waals surface area contributed by atoms with Crippen LogP contribution in [-0.2, 0) is 4.74 Å². The Hall–Kier alpha value is -3.91. The number of carbonyl (C=O) groups excluding carboxylic acids is 1. The summed E-state index contributed by atoms with van der Waals surface area (Å²) in [6, 6.07) is 12.8. The zero-order valence-electron chi connectivity index (χ0n) is 20.9. The summed E-state index contributed by atoms with van der Waals surface area (Å²) < 4.78 is 11.4. The summed E-state index contributed by atoms with van der Waals surface area (Å²) in [7, 11) is 0. The van der Waals surface area contributed by atoms with Crippen LogP contribution in [0.1, 0.15) is 24.1 Å². The highest BCUT2D eigenvalue weighted by Crippen LogP contribution is 2.34. The summed E-state index contributed by atoms with van der Waals surface area (Å²) in [5.74, 6) is 8.16. The molecule has 2 saturated heterocycles. The van der Waals surface area contributed by atoms with E-state index in [4.69, 9.17) is 21.1 Å². The lowest BCUT2D eigenvalue weighted by Gasteiger charge is -2.18. The van der Waals surface area contributed by atoms with E-state index in [2.05, 4.69) is 37.4 Å². The van der Waals surface area contributed by atoms with Crippen LogP contribution in [0.5, 0.6) is 11.6 Å². The third-order valence-electron chi connectivity index (χ3n) is 6.47. The van der Waals surface area contributed by atoms with Crippen LogP contribution in [0.25, 0.3) is 10.2 Å². The van der Waals surface area contributed by atoms with Gasteiger partial charge < -0.3 is 19.7 Å². The Morgan fingerprint density at radius 3 is 2.87 bits per heavy atom. The van der Waals surface area contributed by atoms with Gasteiger partial charge in [-0.05, 0) is 43.2 Å². The lowest BCUT2D eigenvalue weighted by atomic mass is 10.2. The fraction of sp³-hybridized carbons (Fsp3) is 0.286. The molecule has 9 nitrogen and oxygen atoms in total. The Labute approximate surface area is 234 Å². The fourth-order valence-electron chi connectivity index (χ4n) is 4.51. The number of aromatic nitrogens is 3. The van der Waals surface area contributed by atoms with E-state index in [9.17, 15) is 4.79 Å². The van der Waals surface area contributed by atoms with Crippen LogP contribution in [0.3, 0.4) is 0 Å². The van der Waals surface area contributed by atoms with Gasteiger partial charge in [-0.3, -0.25) is 5.32 Å². The normalized spacial score (nSPS) is 18.5. The van der Waals surface area contributed by atoms with E-state index in [1.807, 2.05) is 24.3 Å². The number of halogens is 1. The highest BCUT2D eigenvalue weighted by atomic mass is 35.5. The topological polar surface area (TPSA) is 102 Å². The minimum Gasteiger partial charge on any atom is -0.445 e. The first-order valence-electron chi connectivity index (χ1n) is 12.7. The molecule has 198 valence electrons. The first kappa shape index (κ1) is 25.4. The number of fused-ring (bicyclic) bond motifs is 1. The number of thiophene rings is 1. The van der Waals surface area contributed by atoms with Gasteiger partial charge in [0.15, 0.2) is 0 Å². The first-order valence-corrected chi connectivity index (χ1v) is 13.9. The van der Waals surface area contributed by atoms with Crippen molar-refractivity contribution in [2.45, 2.75) is 31.4 Å². The van der Waals surface area contributed by atoms with Gasteiger partial charge in [0, 0.05) is 44.0 Å². The number of nitrogens with one attached hydrogen (secondary N) is 2. The van der Waals surface area contributed by atoms with Gasteiger partial charge in [0.25, 0.3) is 0 Å². The molecule has 11 heteroatoms. The number of rotatable bonds is 5. The minimum atomic E-state index is -0.215. The molecule has 0 saturated carbocycles. The van der Waals surface area contributed by atoms with Crippen LogP contribution >= 0.6 is 22.9 Å². The predicted octanol–water partition coefficient (Wildman–Crippen LogP) is 5.59. The van der Waals surface area contributed by atoms with E-state index in [0.29, 0.717) is 35.4 Å². The van der Waals surface area contributed by atoms with Gasteiger partial charge in [-0.1, -0.05) is 29.5 Å². The fourth-order valence-corrected chi connectivity index (χ4v) is 5.59. The van der Waals surface area contributed by atoms with E-state index in [-0.39, 0.29) is 18.2 Å². The molecule has 1 aromatic carbocycles. The van der Waals surface area contributed by atoms with Crippen molar-refractivity contribution in [2.24, 2.45) is 0 Å². The number of pyridine rings is 1. The standard InChI is InChI=1S/C28H25ClN6O3S/c29-23-14-19(7-9-24(23)38-25-5-1-2-10-30-25)34-26-22-15-21(39-27(22)33-17-32-26)8-6-18-13-20(16-31-18)37-28(36)35-11-3-4-12-35/h1-2,5,7,9-10,14-15,17-18,20,31H,3-4,11-13,16H2,(H,32,33,34)/t18-,20-/m0/s1. The van der Waals surface area contributed by atoms with E-state index in [1.165, 1.54) is 17.7 Å². The molecule has 2 atom stereocenters. The lowest BCUT2D eigenvalue weighted by molar-refractivity contribution is 0.0763. The maximum Gasteiger partial charge on any atom is 0.410 e. The Morgan fingerprint density at radius 2 is 2.05 bits per heavy atom. The maximum atomic E-state index is 12.3. The minimum absolute atomic E-state index is 0.0377. The van der Waals surface area contributed by atoms with Gasteiger partial charge in [0.05, 0.1) is 21.3 Å². The highest BCUT2D eigenvalue weighted by Gasteiger charge is 2.28. The summed E-state index contributed by atoms with van der Waals surface area (Å²) in [6.07, 6.45) is 5.57. The second-order valence-corrected chi connectivity index (χ2v) is 10.7. The van der Waals surface area contributed by atoms with E-state index in [0.717, 1.165) is 46.7 Å². The van der Waals surface area contributed by atoms with Crippen LogP contribution in [0.4, 0.5) is 16.3 Å². The van der Waals surface area contributed by atoms with Gasteiger partial charge in [0.1, 0.15) is 28.8 Å². The summed E-state index contributed by atoms with van der Waals surface area (Å²) >= 11 is 7.97. The van der Waals surface area contributed by atoms with Crippen molar-refractivity contribution in [2.75, 3.05) is 25.0 Å². The second-order valence-electron chi connectivity index (χ2n) is 9.26. The van der Waals surface area contributed by atoms with Crippen molar-refractivity contribution in [1.29, 1.82) is 0 Å². The van der Waals surface area contributed by atoms with Crippen LogP contribution in [0.15, 0.2) is 55.0 Å². The quantitative estimate of drug-likeness (QED) is 0.305. The van der Waals surface area contributed by atoms with Gasteiger partial charge in [-0.25, -0.2) is 19.7 Å². The number of anilines is 2. The monoisotopic (exact) mass is 560 g/mol. The third-order valence-corrected chi connectivity index (χ3v) is 7.72. The number of hydrogen-bond acceptors (Lipinski definition) is 9. The molecular formula is C28H25ClN6O3S. The van der Waals surface area contributed by atoms with Crippen LogP contribution in [0, 0.1) is 11.8 Å². The molecule has 1 amide bonds. The number of ether oxygens (including phenoxy) is 2. The van der Waals surface area contributed by atoms with Crippen molar-refractivity contribution in [3.8, 4) is 23.5 Å². The van der Waals surface area contributed by atoms with Gasteiger partial charge in [0.2, 0.25) is 5.88 Å². The summed E-state index contributed by atoms with van der Waals surface area (Å²) in [5.41, 5.74) is 0.761. The zero-order chi connectivity index (χ0) is 26.6. The van der Waals surface area contributed by atoms with Crippen LogP contribution < -0.4 is 15.4 Å². The Kier molecular flexibility index (Phi) is 7.45. The Balaban J connectivity index is 1.11. The van der Waals surface area contributed by atoms with Crippen molar-refractivity contribution < 1.29 is 14.3 Å². The molecule has 39 heavy (non-hydrogen) atoms. The number of carbonyl (C=O) groups is 1. The molecule has 0 unspecified atom stereocenters. The number of benzene rings is 1. The largest absolute Gasteiger partial charge is 0.445 e. The van der Waals surface area contributed by atoms with Gasteiger partial charge in [-0.2, -0.15) is 0 Å². The molecule has 0 aliphatic carbocycles. The number of nitrogens with zero attached hydrogens (tertiary/aromatic N) is 4. The predicted molar refractivity (Wildman–Crippen MR) is 151 cm³/mol. The van der Waals surface area contributed by atoms with Crippen molar-refractivity contribution >= 4 is 50.8 Å². The number of likely N-dealkylation sites (tertiary alicyclic amines) is 1. The first-order chi connectivity index (χ1) is 19.1. The third kappa shape index (κ3) is 6.06. The lowest BCUT2D eigenvalue weighted by Crippen LogP contribution is -2.32. The molecule has 6 rings (SSSR count). The van der Waals surface area contributed by atoms with E-state index < -0.39 is 0 Å². The molecule has 2 aliphatic heterocycles. The smallest absolute Gasteiger partial charge is 0.410 e. The van der Waals surface area contributed by atoms with E-state index >= 15 is 0 Å². The average molecular weight is 561 g/mol. The Bertz CT molecular complexity index is 1550. The van der Waals surface area contributed by atoms with E-state index in [1.54, 1.807) is 29.3 Å². The average Bonchev–Trinajstić information content (AvgIpc) is 3.71. The molecule has 2 fully saturated rings. The molecule has 2 aliphatic rings. The number of hydrogen-bond donors (Lipinski definition) is 2. The zero-order valence-corrected chi connectivity index (χ0v) is 22.5. The molecule has 4 aromatic rings. The van der Waals surface area contributed by atoms with Crippen molar-refractivity contribution in [3.05, 3.63) is 64.9 Å². The number of amides is 1. The molecule has 0 radical (unpaired) electrons. The van der Waals surface area contributed by atoms with Gasteiger partial charge >= 0.3 is 6.09 Å². The Morgan fingerprint density at radius 1 is 1.15 bits per heavy atom. The molecule has 2 N–H and O–H groups in total. The maximum absolute atomic E-state index is 12.3. The highest BCUT2D eigenvalue weighted by molar-refractivity contribution is 7.19. The molecule has 5 heterocycles. The van der Waals surface area contributed by atoms with Crippen molar-refractivity contribution in [3.63, 3.8) is 0 Å². The summed E-state index contributed by atoms with van der Waals surface area (Å²) in [5, 5.41) is 7.98. The van der Waals surface area contributed by atoms with Crippen LogP contribution in [-0.4, -0.2) is 57.7 Å². The van der Waals surface area contributed by atoms with Gasteiger partial charge in [-0.15, -0.1) is 11.3 Å². The van der Waals surface area contributed by atoms with Crippen molar-refractivity contribution in [1.82, 2.24) is 25.2 Å². The molecule has 0 spiro atoms. The van der Waals surface area contributed by atoms with Crippen LogP contribution in [0.2, 0.25) is 5.02 Å². The SMILES string of the molecule is O=C(O[C@@H]1CN[C@@H](C#Cc2cc3c(Nc4ccc(Oc5ccccn5)c(Cl)c4)ncnc3s2)C1)N1CCCC1. The molecule has 0 bridgehead atoms. The molecule has 3 aromatic heterocycles. The molecular weight excluding hydrogens is 536 g/mol. The summed E-state index contributed by atoms with van der Waals surface area (Å²) in [6.45, 7) is 2.18. The summed E-state index contributed by atoms with van der Waals surface area (Å²) in [4.78, 5) is 28.8.